The predicted molar refractivity (Wildman–Crippen MR) is 121 cm³/mol. The van der Waals surface area contributed by atoms with Gasteiger partial charge in [-0.25, -0.2) is 15.4 Å². The molecule has 0 spiro atoms. The normalized spacial score (nSPS) is 20.1. The molecule has 2 saturated carbocycles. The highest BCUT2D eigenvalue weighted by atomic mass is 16.2. The van der Waals surface area contributed by atoms with Gasteiger partial charge in [-0.15, -0.1) is 0 Å². The number of unbranched alkanes of at least 4 members (excludes halogenated alkanes) is 1. The van der Waals surface area contributed by atoms with Crippen molar-refractivity contribution in [2.75, 3.05) is 6.54 Å². The second-order valence-electron chi connectivity index (χ2n) is 8.92. The van der Waals surface area contributed by atoms with E-state index in [9.17, 15) is 4.79 Å². The molecule has 0 aromatic carbocycles. The molecular formula is C24H30N6O. The van der Waals surface area contributed by atoms with Crippen molar-refractivity contribution < 1.29 is 4.79 Å². The molecule has 1 amide bonds. The first-order valence-corrected chi connectivity index (χ1v) is 11.5. The Balaban J connectivity index is 1.35. The number of hydrogen-bond donors (Lipinski definition) is 3. The van der Waals surface area contributed by atoms with Gasteiger partial charge in [-0.2, -0.15) is 5.10 Å². The molecule has 1 aliphatic heterocycles. The summed E-state index contributed by atoms with van der Waals surface area (Å²) in [4.78, 5) is 24.3. The van der Waals surface area contributed by atoms with Crippen LogP contribution < -0.4 is 10.7 Å². The summed E-state index contributed by atoms with van der Waals surface area (Å²) in [5.41, 5.74) is 9.48. The van der Waals surface area contributed by atoms with Crippen LogP contribution in [-0.2, 0) is 11.2 Å². The molecule has 0 radical (unpaired) electrons. The summed E-state index contributed by atoms with van der Waals surface area (Å²) in [5.74, 6) is 0.412. The van der Waals surface area contributed by atoms with Crippen LogP contribution in [0.25, 0.3) is 6.08 Å². The lowest BCUT2D eigenvalue weighted by Crippen LogP contribution is -2.35. The molecule has 0 atom stereocenters. The molecule has 3 N–H and O–H groups in total. The largest absolute Gasteiger partial charge is 0.359 e. The first kappa shape index (κ1) is 20.1. The summed E-state index contributed by atoms with van der Waals surface area (Å²) in [6, 6.07) is 2.54. The van der Waals surface area contributed by atoms with E-state index in [2.05, 4.69) is 37.7 Å². The van der Waals surface area contributed by atoms with Crippen LogP contribution in [0.1, 0.15) is 79.1 Å². The molecule has 2 fully saturated rings. The lowest BCUT2D eigenvalue weighted by atomic mass is 9.93. The van der Waals surface area contributed by atoms with Crippen molar-refractivity contribution in [3.05, 3.63) is 52.4 Å². The van der Waals surface area contributed by atoms with Gasteiger partial charge in [0.15, 0.2) is 0 Å². The summed E-state index contributed by atoms with van der Waals surface area (Å²) < 4.78 is 0. The average Bonchev–Trinajstić information content (AvgIpc) is 3.45. The van der Waals surface area contributed by atoms with Crippen LogP contribution in [0, 0.1) is 6.92 Å². The van der Waals surface area contributed by atoms with Gasteiger partial charge in [0.2, 0.25) is 0 Å². The minimum atomic E-state index is -0.189. The molecule has 2 aliphatic carbocycles. The van der Waals surface area contributed by atoms with Crippen molar-refractivity contribution in [3.63, 3.8) is 0 Å². The Kier molecular flexibility index (Phi) is 5.68. The SMILES string of the molecule is Cc1[nH]c(C=C2C(=O)NN=C2c2ccncn2)c(C2CC2)c1CCCCNC1CCC1. The van der Waals surface area contributed by atoms with Crippen LogP contribution in [0.3, 0.4) is 0 Å². The topological polar surface area (TPSA) is 95.1 Å². The third kappa shape index (κ3) is 4.32. The number of rotatable bonds is 9. The first-order valence-electron chi connectivity index (χ1n) is 11.5. The van der Waals surface area contributed by atoms with E-state index < -0.39 is 0 Å². The molecule has 2 aromatic rings. The highest BCUT2D eigenvalue weighted by molar-refractivity contribution is 6.32. The third-order valence-electron chi connectivity index (χ3n) is 6.65. The quantitative estimate of drug-likeness (QED) is 0.430. The Labute approximate surface area is 182 Å². The molecule has 0 saturated heterocycles. The number of nitrogens with zero attached hydrogens (tertiary/aromatic N) is 3. The molecule has 0 bridgehead atoms. The number of aromatic amines is 1. The second kappa shape index (κ2) is 8.75. The number of carbonyl (C=O) groups is 1. The van der Waals surface area contributed by atoms with E-state index in [0.717, 1.165) is 24.7 Å². The smallest absolute Gasteiger partial charge is 0.273 e. The van der Waals surface area contributed by atoms with E-state index in [-0.39, 0.29) is 5.91 Å². The van der Waals surface area contributed by atoms with Crippen LogP contribution in [0.2, 0.25) is 0 Å². The van der Waals surface area contributed by atoms with Crippen molar-refractivity contribution in [1.82, 2.24) is 25.7 Å². The van der Waals surface area contributed by atoms with Gasteiger partial charge in [0.25, 0.3) is 5.91 Å². The van der Waals surface area contributed by atoms with Gasteiger partial charge in [-0.05, 0) is 87.6 Å². The van der Waals surface area contributed by atoms with Gasteiger partial charge in [0.05, 0.1) is 11.3 Å². The summed E-state index contributed by atoms with van der Waals surface area (Å²) in [5, 5.41) is 7.88. The molecule has 2 aromatic heterocycles. The zero-order valence-corrected chi connectivity index (χ0v) is 18.1. The number of aryl methyl sites for hydroxylation is 1. The second-order valence-corrected chi connectivity index (χ2v) is 8.92. The Morgan fingerprint density at radius 2 is 2.10 bits per heavy atom. The van der Waals surface area contributed by atoms with Gasteiger partial charge in [-0.1, -0.05) is 6.42 Å². The zero-order valence-electron chi connectivity index (χ0n) is 18.1. The summed E-state index contributed by atoms with van der Waals surface area (Å²) in [7, 11) is 0. The Bertz CT molecular complexity index is 1010. The first-order chi connectivity index (χ1) is 15.2. The average molecular weight is 419 g/mol. The molecule has 162 valence electrons. The molecule has 5 rings (SSSR count). The Morgan fingerprint density at radius 1 is 1.23 bits per heavy atom. The standard InChI is InChI=1S/C24H30N6O/c1-15-18(7-2-3-11-26-17-5-4-6-17)22(16-8-9-16)21(28-15)13-19-23(29-30-24(19)31)20-10-12-25-14-27-20/h10,12-14,16-17,26,28H,2-9,11H2,1H3,(H,30,31). The van der Waals surface area contributed by atoms with E-state index in [0.29, 0.717) is 22.9 Å². The summed E-state index contributed by atoms with van der Waals surface area (Å²) >= 11 is 0. The van der Waals surface area contributed by atoms with Crippen LogP contribution in [-0.4, -0.2) is 39.2 Å². The predicted octanol–water partition coefficient (Wildman–Crippen LogP) is 3.37. The van der Waals surface area contributed by atoms with E-state index in [1.165, 1.54) is 68.1 Å². The van der Waals surface area contributed by atoms with Crippen molar-refractivity contribution >= 4 is 17.7 Å². The molecule has 7 nitrogen and oxygen atoms in total. The van der Waals surface area contributed by atoms with Crippen molar-refractivity contribution in [2.24, 2.45) is 5.10 Å². The fraction of sp³-hybridized carbons (Fsp3) is 0.500. The Hall–Kier alpha value is -2.80. The maximum absolute atomic E-state index is 12.5. The monoisotopic (exact) mass is 418 g/mol. The maximum atomic E-state index is 12.5. The molecular weight excluding hydrogens is 388 g/mol. The highest BCUT2D eigenvalue weighted by Crippen LogP contribution is 2.45. The van der Waals surface area contributed by atoms with E-state index in [4.69, 9.17) is 0 Å². The van der Waals surface area contributed by atoms with Crippen LogP contribution >= 0.6 is 0 Å². The molecule has 3 heterocycles. The summed E-state index contributed by atoms with van der Waals surface area (Å²) in [6.07, 6.45) is 15.1. The van der Waals surface area contributed by atoms with Crippen molar-refractivity contribution in [3.8, 4) is 0 Å². The maximum Gasteiger partial charge on any atom is 0.273 e. The molecule has 3 aliphatic rings. The fourth-order valence-electron chi connectivity index (χ4n) is 4.57. The minimum absolute atomic E-state index is 0.189. The molecule has 7 heteroatoms. The number of nitrogens with one attached hydrogen (secondary N) is 3. The number of carbonyl (C=O) groups excluding carboxylic acids is 1. The van der Waals surface area contributed by atoms with E-state index >= 15 is 0 Å². The number of H-pyrrole nitrogens is 1. The van der Waals surface area contributed by atoms with Crippen molar-refractivity contribution in [2.45, 2.75) is 70.3 Å². The lowest BCUT2D eigenvalue weighted by Gasteiger charge is -2.26. The van der Waals surface area contributed by atoms with Gasteiger partial charge in [0.1, 0.15) is 12.0 Å². The minimum Gasteiger partial charge on any atom is -0.359 e. The number of amides is 1. The van der Waals surface area contributed by atoms with E-state index in [1.54, 1.807) is 12.3 Å². The highest BCUT2D eigenvalue weighted by Gasteiger charge is 2.32. The van der Waals surface area contributed by atoms with Crippen molar-refractivity contribution in [1.29, 1.82) is 0 Å². The fourth-order valence-corrected chi connectivity index (χ4v) is 4.57. The van der Waals surface area contributed by atoms with Gasteiger partial charge in [0, 0.05) is 23.6 Å². The van der Waals surface area contributed by atoms with Gasteiger partial charge >= 0.3 is 0 Å². The van der Waals surface area contributed by atoms with Crippen LogP contribution in [0.5, 0.6) is 0 Å². The third-order valence-corrected chi connectivity index (χ3v) is 6.65. The van der Waals surface area contributed by atoms with E-state index in [1.807, 2.05) is 6.08 Å². The summed E-state index contributed by atoms with van der Waals surface area (Å²) in [6.45, 7) is 3.27. The Morgan fingerprint density at radius 3 is 2.81 bits per heavy atom. The lowest BCUT2D eigenvalue weighted by molar-refractivity contribution is -0.116. The molecule has 0 unspecified atom stereocenters. The van der Waals surface area contributed by atoms with Crippen LogP contribution in [0.15, 0.2) is 29.3 Å². The number of aromatic nitrogens is 3. The van der Waals surface area contributed by atoms with Gasteiger partial charge < -0.3 is 10.3 Å². The number of hydrogen-bond acceptors (Lipinski definition) is 5. The number of hydrazone groups is 1. The van der Waals surface area contributed by atoms with Gasteiger partial charge in [-0.3, -0.25) is 4.79 Å². The zero-order chi connectivity index (χ0) is 21.2. The molecule has 31 heavy (non-hydrogen) atoms. The van der Waals surface area contributed by atoms with Crippen LogP contribution in [0.4, 0.5) is 0 Å².